The van der Waals surface area contributed by atoms with Gasteiger partial charge in [-0.15, -0.1) is 10.2 Å². The molecule has 0 atom stereocenters. The van der Waals surface area contributed by atoms with E-state index in [-0.39, 0.29) is 10.0 Å². The first-order chi connectivity index (χ1) is 9.01. The van der Waals surface area contributed by atoms with Crippen LogP contribution in [0.15, 0.2) is 29.2 Å². The third kappa shape index (κ3) is 3.46. The highest BCUT2D eigenvalue weighted by Crippen LogP contribution is 2.20. The summed E-state index contributed by atoms with van der Waals surface area (Å²) in [4.78, 5) is -0.0375. The first-order valence-electron chi connectivity index (χ1n) is 5.32. The van der Waals surface area contributed by atoms with Crippen molar-refractivity contribution in [3.63, 3.8) is 0 Å². The zero-order chi connectivity index (χ0) is 13.9. The van der Waals surface area contributed by atoms with E-state index in [1.807, 2.05) is 0 Å². The average molecular weight is 302 g/mol. The number of aromatic nitrogens is 2. The second-order valence-electron chi connectivity index (χ2n) is 3.60. The van der Waals surface area contributed by atoms with Crippen LogP contribution in [-0.2, 0) is 16.4 Å². The molecule has 0 aliphatic carbocycles. The van der Waals surface area contributed by atoms with Crippen molar-refractivity contribution in [2.24, 2.45) is 5.73 Å². The van der Waals surface area contributed by atoms with Crippen molar-refractivity contribution >= 4 is 26.5 Å². The van der Waals surface area contributed by atoms with Gasteiger partial charge in [-0.2, -0.15) is 0 Å². The topological polar surface area (TPSA) is 98.0 Å². The minimum Gasteiger partial charge on any atom is -0.330 e. The predicted molar refractivity (Wildman–Crippen MR) is 69.9 cm³/mol. The van der Waals surface area contributed by atoms with Crippen molar-refractivity contribution in [1.29, 1.82) is 0 Å². The molecule has 1 aromatic heterocycles. The molecule has 0 spiro atoms. The third-order valence-electron chi connectivity index (χ3n) is 2.17. The van der Waals surface area contributed by atoms with Crippen LogP contribution in [0, 0.1) is 5.82 Å². The van der Waals surface area contributed by atoms with Gasteiger partial charge in [-0.25, -0.2) is 12.8 Å². The van der Waals surface area contributed by atoms with Gasteiger partial charge in [0.2, 0.25) is 5.13 Å². The fourth-order valence-corrected chi connectivity index (χ4v) is 3.29. The van der Waals surface area contributed by atoms with E-state index in [0.29, 0.717) is 18.0 Å². The monoisotopic (exact) mass is 302 g/mol. The molecular weight excluding hydrogens is 291 g/mol. The van der Waals surface area contributed by atoms with E-state index in [1.54, 1.807) is 0 Å². The number of nitrogens with two attached hydrogens (primary N) is 1. The first-order valence-corrected chi connectivity index (χ1v) is 7.62. The summed E-state index contributed by atoms with van der Waals surface area (Å²) in [5.41, 5.74) is 5.37. The van der Waals surface area contributed by atoms with Crippen LogP contribution >= 0.6 is 11.3 Å². The van der Waals surface area contributed by atoms with Gasteiger partial charge in [0.1, 0.15) is 10.8 Å². The largest absolute Gasteiger partial charge is 0.330 e. The van der Waals surface area contributed by atoms with Gasteiger partial charge >= 0.3 is 0 Å². The van der Waals surface area contributed by atoms with Crippen LogP contribution in [0.2, 0.25) is 0 Å². The van der Waals surface area contributed by atoms with Gasteiger partial charge in [0.15, 0.2) is 0 Å². The lowest BCUT2D eigenvalue weighted by Gasteiger charge is -2.03. The second-order valence-corrected chi connectivity index (χ2v) is 6.34. The molecule has 0 saturated heterocycles. The van der Waals surface area contributed by atoms with Gasteiger partial charge in [0, 0.05) is 6.42 Å². The van der Waals surface area contributed by atoms with Crippen LogP contribution in [0.3, 0.4) is 0 Å². The summed E-state index contributed by atoms with van der Waals surface area (Å²) in [7, 11) is -3.77. The van der Waals surface area contributed by atoms with Gasteiger partial charge < -0.3 is 5.73 Å². The third-order valence-corrected chi connectivity index (χ3v) is 4.55. The molecule has 0 saturated carbocycles. The maximum atomic E-state index is 12.7. The Kier molecular flexibility index (Phi) is 4.08. The number of anilines is 1. The van der Waals surface area contributed by atoms with E-state index in [2.05, 4.69) is 14.9 Å². The van der Waals surface area contributed by atoms with Crippen LogP contribution in [0.25, 0.3) is 0 Å². The van der Waals surface area contributed by atoms with Gasteiger partial charge in [-0.1, -0.05) is 11.3 Å². The molecule has 9 heteroatoms. The molecule has 19 heavy (non-hydrogen) atoms. The molecule has 3 N–H and O–H groups in total. The standard InChI is InChI=1S/C10H11FN4O2S2/c11-7-1-3-8(4-2-7)19(16,17)15-10-14-13-9(18-10)5-6-12/h1-4H,5-6,12H2,(H,14,15). The molecule has 1 aromatic carbocycles. The molecule has 0 aliphatic heterocycles. The normalized spacial score (nSPS) is 11.5. The molecule has 0 radical (unpaired) electrons. The molecule has 0 aliphatic rings. The Hall–Kier alpha value is -1.58. The van der Waals surface area contributed by atoms with Crippen LogP contribution in [-0.4, -0.2) is 25.2 Å². The lowest BCUT2D eigenvalue weighted by Crippen LogP contribution is -2.12. The Morgan fingerprint density at radius 1 is 1.26 bits per heavy atom. The van der Waals surface area contributed by atoms with E-state index in [1.165, 1.54) is 12.1 Å². The quantitative estimate of drug-likeness (QED) is 0.858. The minimum absolute atomic E-state index is 0.0375. The lowest BCUT2D eigenvalue weighted by molar-refractivity contribution is 0.599. The van der Waals surface area contributed by atoms with E-state index >= 15 is 0 Å². The van der Waals surface area contributed by atoms with E-state index < -0.39 is 15.8 Å². The summed E-state index contributed by atoms with van der Waals surface area (Å²) in [6, 6.07) is 4.52. The van der Waals surface area contributed by atoms with Crippen LogP contribution in [0.1, 0.15) is 5.01 Å². The zero-order valence-electron chi connectivity index (χ0n) is 9.71. The van der Waals surface area contributed by atoms with Gasteiger partial charge in [0.25, 0.3) is 10.0 Å². The minimum atomic E-state index is -3.77. The van der Waals surface area contributed by atoms with Crippen molar-refractivity contribution in [2.75, 3.05) is 11.3 Å². The van der Waals surface area contributed by atoms with E-state index in [4.69, 9.17) is 5.73 Å². The van der Waals surface area contributed by atoms with Gasteiger partial charge in [-0.3, -0.25) is 4.72 Å². The maximum Gasteiger partial charge on any atom is 0.263 e. The van der Waals surface area contributed by atoms with Crippen LogP contribution in [0.4, 0.5) is 9.52 Å². The second kappa shape index (κ2) is 5.59. The zero-order valence-corrected chi connectivity index (χ0v) is 11.3. The fraction of sp³-hybridized carbons (Fsp3) is 0.200. The summed E-state index contributed by atoms with van der Waals surface area (Å²) in [5.74, 6) is -0.500. The maximum absolute atomic E-state index is 12.7. The Bertz CT molecular complexity index is 654. The van der Waals surface area contributed by atoms with E-state index in [0.717, 1.165) is 23.5 Å². The number of nitrogens with one attached hydrogen (secondary N) is 1. The molecule has 102 valence electrons. The Labute approximate surface area is 113 Å². The highest BCUT2D eigenvalue weighted by molar-refractivity contribution is 7.93. The number of hydrogen-bond acceptors (Lipinski definition) is 6. The molecule has 6 nitrogen and oxygen atoms in total. The van der Waals surface area contributed by atoms with Gasteiger partial charge in [0.05, 0.1) is 4.90 Å². The number of halogens is 1. The smallest absolute Gasteiger partial charge is 0.263 e. The Balaban J connectivity index is 2.18. The molecule has 1 heterocycles. The summed E-state index contributed by atoms with van der Waals surface area (Å²) in [6.45, 7) is 0.416. The molecule has 2 aromatic rings. The lowest BCUT2D eigenvalue weighted by atomic mass is 10.4. The number of rotatable bonds is 5. The molecular formula is C10H11FN4O2S2. The number of benzene rings is 1. The summed E-state index contributed by atoms with van der Waals surface area (Å²) < 4.78 is 39.0. The summed E-state index contributed by atoms with van der Waals surface area (Å²) in [5, 5.41) is 8.32. The number of hydrogen-bond donors (Lipinski definition) is 2. The average Bonchev–Trinajstić information content (AvgIpc) is 2.77. The van der Waals surface area contributed by atoms with Crippen LogP contribution in [0.5, 0.6) is 0 Å². The fourth-order valence-electron chi connectivity index (χ4n) is 1.31. The predicted octanol–water partition coefficient (Wildman–Crippen LogP) is 0.979. The highest BCUT2D eigenvalue weighted by Gasteiger charge is 2.16. The molecule has 0 unspecified atom stereocenters. The SMILES string of the molecule is NCCc1nnc(NS(=O)(=O)c2ccc(F)cc2)s1. The highest BCUT2D eigenvalue weighted by atomic mass is 32.2. The van der Waals surface area contributed by atoms with Crippen molar-refractivity contribution < 1.29 is 12.8 Å². The van der Waals surface area contributed by atoms with Crippen molar-refractivity contribution in [3.8, 4) is 0 Å². The van der Waals surface area contributed by atoms with E-state index in [9.17, 15) is 12.8 Å². The molecule has 2 rings (SSSR count). The van der Waals surface area contributed by atoms with Gasteiger partial charge in [-0.05, 0) is 30.8 Å². The Morgan fingerprint density at radius 2 is 1.95 bits per heavy atom. The first kappa shape index (κ1) is 13.8. The number of nitrogens with zero attached hydrogens (tertiary/aromatic N) is 2. The molecule has 0 amide bonds. The van der Waals surface area contributed by atoms with Crippen molar-refractivity contribution in [2.45, 2.75) is 11.3 Å². The van der Waals surface area contributed by atoms with Crippen molar-refractivity contribution in [1.82, 2.24) is 10.2 Å². The molecule has 0 bridgehead atoms. The van der Waals surface area contributed by atoms with Crippen molar-refractivity contribution in [3.05, 3.63) is 35.1 Å². The summed E-state index contributed by atoms with van der Waals surface area (Å²) >= 11 is 1.12. The van der Waals surface area contributed by atoms with Crippen LogP contribution < -0.4 is 10.5 Å². The number of sulfonamides is 1. The Morgan fingerprint density at radius 3 is 2.58 bits per heavy atom. The molecule has 0 fully saturated rings. The summed E-state index contributed by atoms with van der Waals surface area (Å²) in [6.07, 6.45) is 0.538.